The molecule has 0 spiro atoms. The highest BCUT2D eigenvalue weighted by molar-refractivity contribution is 5.80. The van der Waals surface area contributed by atoms with Crippen molar-refractivity contribution in [2.24, 2.45) is 5.41 Å². The van der Waals surface area contributed by atoms with Crippen LogP contribution in [0.2, 0.25) is 0 Å². The van der Waals surface area contributed by atoms with E-state index in [1.165, 1.54) is 32.9 Å². The number of esters is 1. The molecular formula is C15H30N2O2. The molecule has 0 saturated carbocycles. The Bertz CT molecular complexity index is 303. The second-order valence-electron chi connectivity index (χ2n) is 6.06. The molecule has 1 N–H and O–H groups in total. The van der Waals surface area contributed by atoms with E-state index in [2.05, 4.69) is 24.1 Å². The van der Waals surface area contributed by atoms with Gasteiger partial charge >= 0.3 is 5.97 Å². The summed E-state index contributed by atoms with van der Waals surface area (Å²) in [6.45, 7) is 9.78. The number of carbonyl (C=O) groups excluding carboxylic acids is 1. The molecule has 4 heteroatoms. The Balaban J connectivity index is 2.52. The molecule has 1 unspecified atom stereocenters. The Kier molecular flexibility index (Phi) is 5.81. The summed E-state index contributed by atoms with van der Waals surface area (Å²) in [5.41, 5.74) is -0.0697. The third-order valence-electron chi connectivity index (χ3n) is 5.13. The van der Waals surface area contributed by atoms with Crippen molar-refractivity contribution in [2.75, 3.05) is 33.8 Å². The number of likely N-dealkylation sites (tertiary alicyclic amines) is 1. The van der Waals surface area contributed by atoms with Crippen LogP contribution in [0.15, 0.2) is 0 Å². The van der Waals surface area contributed by atoms with E-state index in [1.54, 1.807) is 0 Å². The van der Waals surface area contributed by atoms with Gasteiger partial charge in [-0.2, -0.15) is 0 Å². The standard InChI is InChI=1S/C15H30N2O2/c1-6-15(7-2)9-11-17(12-15)10-8-14(3,16-4)13(18)19-5/h16H,6-12H2,1-5H3. The summed E-state index contributed by atoms with van der Waals surface area (Å²) in [6.07, 6.45) is 4.58. The van der Waals surface area contributed by atoms with Crippen LogP contribution in [-0.2, 0) is 9.53 Å². The van der Waals surface area contributed by atoms with E-state index in [0.29, 0.717) is 5.41 Å². The average Bonchev–Trinajstić information content (AvgIpc) is 2.88. The summed E-state index contributed by atoms with van der Waals surface area (Å²) in [5, 5.41) is 3.10. The molecule has 0 radical (unpaired) electrons. The minimum Gasteiger partial charge on any atom is -0.468 e. The summed E-state index contributed by atoms with van der Waals surface area (Å²) in [4.78, 5) is 14.3. The van der Waals surface area contributed by atoms with Gasteiger partial charge in [-0.25, -0.2) is 0 Å². The van der Waals surface area contributed by atoms with Gasteiger partial charge in [0, 0.05) is 13.1 Å². The van der Waals surface area contributed by atoms with Crippen LogP contribution in [0.1, 0.15) is 46.5 Å². The maximum absolute atomic E-state index is 11.8. The molecule has 0 aromatic carbocycles. The number of hydrogen-bond donors (Lipinski definition) is 1. The summed E-state index contributed by atoms with van der Waals surface area (Å²) >= 11 is 0. The van der Waals surface area contributed by atoms with Crippen molar-refractivity contribution in [3.63, 3.8) is 0 Å². The topological polar surface area (TPSA) is 41.6 Å². The summed E-state index contributed by atoms with van der Waals surface area (Å²) in [5.74, 6) is -0.175. The number of ether oxygens (including phenoxy) is 1. The van der Waals surface area contributed by atoms with Gasteiger partial charge in [0.15, 0.2) is 0 Å². The van der Waals surface area contributed by atoms with Gasteiger partial charge in [-0.1, -0.05) is 13.8 Å². The first-order valence-corrected chi connectivity index (χ1v) is 7.45. The van der Waals surface area contributed by atoms with E-state index in [0.717, 1.165) is 19.5 Å². The van der Waals surface area contributed by atoms with E-state index in [-0.39, 0.29) is 5.97 Å². The van der Waals surface area contributed by atoms with Crippen LogP contribution in [0.3, 0.4) is 0 Å². The predicted molar refractivity (Wildman–Crippen MR) is 78.2 cm³/mol. The Labute approximate surface area is 117 Å². The van der Waals surface area contributed by atoms with Gasteiger partial charge in [0.1, 0.15) is 5.54 Å². The quantitative estimate of drug-likeness (QED) is 0.719. The lowest BCUT2D eigenvalue weighted by atomic mass is 9.82. The maximum atomic E-state index is 11.8. The van der Waals surface area contributed by atoms with Crippen LogP contribution < -0.4 is 5.32 Å². The Hall–Kier alpha value is -0.610. The van der Waals surface area contributed by atoms with Crippen molar-refractivity contribution in [1.29, 1.82) is 0 Å². The van der Waals surface area contributed by atoms with E-state index in [9.17, 15) is 4.79 Å². The lowest BCUT2D eigenvalue weighted by Crippen LogP contribution is -2.50. The van der Waals surface area contributed by atoms with Gasteiger partial charge in [0.25, 0.3) is 0 Å². The zero-order valence-electron chi connectivity index (χ0n) is 13.2. The zero-order valence-corrected chi connectivity index (χ0v) is 13.2. The molecule has 1 rings (SSSR count). The molecule has 4 nitrogen and oxygen atoms in total. The van der Waals surface area contributed by atoms with Gasteiger partial charge in [-0.15, -0.1) is 0 Å². The van der Waals surface area contributed by atoms with Crippen molar-refractivity contribution in [1.82, 2.24) is 10.2 Å². The molecule has 0 amide bonds. The fourth-order valence-corrected chi connectivity index (χ4v) is 2.98. The molecule has 1 heterocycles. The first-order chi connectivity index (χ1) is 8.95. The van der Waals surface area contributed by atoms with Crippen molar-refractivity contribution < 1.29 is 9.53 Å². The molecule has 0 bridgehead atoms. The summed E-state index contributed by atoms with van der Waals surface area (Å²) in [7, 11) is 3.27. The molecule has 0 aromatic rings. The van der Waals surface area contributed by atoms with Crippen LogP contribution in [0.25, 0.3) is 0 Å². The SMILES string of the molecule is CCC1(CC)CCN(CCC(C)(NC)C(=O)OC)C1. The van der Waals surface area contributed by atoms with E-state index >= 15 is 0 Å². The number of carbonyl (C=O) groups is 1. The van der Waals surface area contributed by atoms with Crippen molar-refractivity contribution >= 4 is 5.97 Å². The highest BCUT2D eigenvalue weighted by atomic mass is 16.5. The Morgan fingerprint density at radius 2 is 2.05 bits per heavy atom. The van der Waals surface area contributed by atoms with E-state index < -0.39 is 5.54 Å². The largest absolute Gasteiger partial charge is 0.468 e. The predicted octanol–water partition coefficient (Wildman–Crippen LogP) is 2.04. The lowest BCUT2D eigenvalue weighted by Gasteiger charge is -2.30. The molecule has 1 fully saturated rings. The van der Waals surface area contributed by atoms with Crippen LogP contribution in [-0.4, -0.2) is 50.2 Å². The fraction of sp³-hybridized carbons (Fsp3) is 0.933. The minimum absolute atomic E-state index is 0.175. The van der Waals surface area contributed by atoms with Crippen molar-refractivity contribution in [2.45, 2.75) is 52.0 Å². The van der Waals surface area contributed by atoms with Gasteiger partial charge in [0.2, 0.25) is 0 Å². The molecule has 1 aliphatic heterocycles. The van der Waals surface area contributed by atoms with Gasteiger partial charge in [0.05, 0.1) is 7.11 Å². The van der Waals surface area contributed by atoms with Crippen LogP contribution >= 0.6 is 0 Å². The summed E-state index contributed by atoms with van der Waals surface area (Å²) < 4.78 is 4.88. The zero-order chi connectivity index (χ0) is 14.5. The number of hydrogen-bond acceptors (Lipinski definition) is 4. The fourth-order valence-electron chi connectivity index (χ4n) is 2.98. The molecule has 0 aromatic heterocycles. The average molecular weight is 270 g/mol. The monoisotopic (exact) mass is 270 g/mol. The summed E-state index contributed by atoms with van der Waals surface area (Å²) in [6, 6.07) is 0. The molecule has 1 saturated heterocycles. The Morgan fingerprint density at radius 3 is 2.47 bits per heavy atom. The number of likely N-dealkylation sites (N-methyl/N-ethyl adjacent to an activating group) is 1. The number of rotatable bonds is 7. The molecule has 19 heavy (non-hydrogen) atoms. The highest BCUT2D eigenvalue weighted by Gasteiger charge is 2.37. The van der Waals surface area contributed by atoms with E-state index in [1.807, 2.05) is 14.0 Å². The lowest BCUT2D eigenvalue weighted by molar-refractivity contribution is -0.148. The minimum atomic E-state index is -0.571. The molecule has 0 aliphatic carbocycles. The van der Waals surface area contributed by atoms with Crippen LogP contribution in [0.4, 0.5) is 0 Å². The number of nitrogens with zero attached hydrogens (tertiary/aromatic N) is 1. The van der Waals surface area contributed by atoms with Crippen LogP contribution in [0, 0.1) is 5.41 Å². The van der Waals surface area contributed by atoms with Crippen molar-refractivity contribution in [3.05, 3.63) is 0 Å². The molecule has 112 valence electrons. The second-order valence-corrected chi connectivity index (χ2v) is 6.06. The number of methoxy groups -OCH3 is 1. The highest BCUT2D eigenvalue weighted by Crippen LogP contribution is 2.37. The molecule has 1 atom stereocenters. The van der Waals surface area contributed by atoms with Crippen molar-refractivity contribution in [3.8, 4) is 0 Å². The van der Waals surface area contributed by atoms with E-state index in [4.69, 9.17) is 4.74 Å². The van der Waals surface area contributed by atoms with Gasteiger partial charge in [-0.05, 0) is 51.6 Å². The molecular weight excluding hydrogens is 240 g/mol. The normalized spacial score (nSPS) is 22.2. The second kappa shape index (κ2) is 6.71. The first-order valence-electron chi connectivity index (χ1n) is 7.45. The van der Waals surface area contributed by atoms with Gasteiger partial charge in [-0.3, -0.25) is 4.79 Å². The smallest absolute Gasteiger partial charge is 0.325 e. The Morgan fingerprint density at radius 1 is 1.42 bits per heavy atom. The first kappa shape index (κ1) is 16.4. The van der Waals surface area contributed by atoms with Gasteiger partial charge < -0.3 is 15.0 Å². The maximum Gasteiger partial charge on any atom is 0.325 e. The number of nitrogens with one attached hydrogen (secondary N) is 1. The van der Waals surface area contributed by atoms with Crippen LogP contribution in [0.5, 0.6) is 0 Å². The molecule has 1 aliphatic rings. The third kappa shape index (κ3) is 3.69. The third-order valence-corrected chi connectivity index (χ3v) is 5.13.